The van der Waals surface area contributed by atoms with Gasteiger partial charge in [-0.25, -0.2) is 4.39 Å². The largest absolute Gasteiger partial charge is 0.368 e. The van der Waals surface area contributed by atoms with Crippen LogP contribution in [0, 0.1) is 5.82 Å². The molecule has 98 valence electrons. The zero-order valence-corrected chi connectivity index (χ0v) is 10.3. The third-order valence-electron chi connectivity index (χ3n) is 2.95. The number of carbonyl (C=O) groups is 1. The van der Waals surface area contributed by atoms with E-state index in [1.807, 2.05) is 24.3 Å². The summed E-state index contributed by atoms with van der Waals surface area (Å²) in [4.78, 5) is 10.9. The molecule has 4 N–H and O–H groups in total. The van der Waals surface area contributed by atoms with E-state index in [-0.39, 0.29) is 5.82 Å². The molecule has 0 unspecified atom stereocenters. The highest BCUT2D eigenvalue weighted by atomic mass is 19.1. The van der Waals surface area contributed by atoms with Crippen LogP contribution in [0.2, 0.25) is 0 Å². The molecule has 0 heterocycles. The smallest absolute Gasteiger partial charge is 0.234 e. The maximum atomic E-state index is 12.8. The molecular weight excluding hydrogens is 243 g/mol. The Morgan fingerprint density at radius 2 is 1.47 bits per heavy atom. The van der Waals surface area contributed by atoms with E-state index in [9.17, 15) is 9.18 Å². The van der Waals surface area contributed by atoms with Gasteiger partial charge in [0.2, 0.25) is 5.91 Å². The summed E-state index contributed by atoms with van der Waals surface area (Å²) >= 11 is 0. The Labute approximate surface area is 111 Å². The summed E-state index contributed by atoms with van der Waals surface area (Å²) in [6, 6.07) is 13.2. The average molecular weight is 258 g/mol. The Hall–Kier alpha value is -2.20. The van der Waals surface area contributed by atoms with Crippen LogP contribution in [-0.2, 0) is 11.2 Å². The molecule has 0 saturated heterocycles. The molecule has 0 aromatic heterocycles. The van der Waals surface area contributed by atoms with Crippen LogP contribution in [0.1, 0.15) is 5.56 Å². The van der Waals surface area contributed by atoms with E-state index in [0.717, 1.165) is 16.7 Å². The number of carbonyl (C=O) groups excluding carboxylic acids is 1. The van der Waals surface area contributed by atoms with Crippen LogP contribution in [0.25, 0.3) is 11.1 Å². The molecule has 0 aliphatic carbocycles. The maximum absolute atomic E-state index is 12.8. The average Bonchev–Trinajstić information content (AvgIpc) is 2.40. The first-order chi connectivity index (χ1) is 9.06. The van der Waals surface area contributed by atoms with Crippen molar-refractivity contribution >= 4 is 5.91 Å². The Kier molecular flexibility index (Phi) is 3.92. The van der Waals surface area contributed by atoms with Gasteiger partial charge in [0.15, 0.2) is 0 Å². The van der Waals surface area contributed by atoms with Crippen molar-refractivity contribution in [1.29, 1.82) is 0 Å². The summed E-state index contributed by atoms with van der Waals surface area (Å²) in [5.41, 5.74) is 13.6. The first-order valence-electron chi connectivity index (χ1n) is 5.96. The highest BCUT2D eigenvalue weighted by molar-refractivity contribution is 5.79. The lowest BCUT2D eigenvalue weighted by atomic mass is 10.0. The van der Waals surface area contributed by atoms with Crippen molar-refractivity contribution in [2.24, 2.45) is 11.5 Å². The number of rotatable bonds is 4. The Balaban J connectivity index is 2.14. The van der Waals surface area contributed by atoms with Crippen molar-refractivity contribution in [2.75, 3.05) is 0 Å². The molecule has 2 aromatic carbocycles. The third-order valence-corrected chi connectivity index (χ3v) is 2.95. The van der Waals surface area contributed by atoms with E-state index < -0.39 is 11.9 Å². The number of hydrogen-bond donors (Lipinski definition) is 2. The first-order valence-corrected chi connectivity index (χ1v) is 5.96. The van der Waals surface area contributed by atoms with Crippen molar-refractivity contribution in [3.63, 3.8) is 0 Å². The minimum absolute atomic E-state index is 0.257. The second kappa shape index (κ2) is 5.63. The molecule has 0 fully saturated rings. The summed E-state index contributed by atoms with van der Waals surface area (Å²) < 4.78 is 12.8. The van der Waals surface area contributed by atoms with Crippen LogP contribution in [0.3, 0.4) is 0 Å². The van der Waals surface area contributed by atoms with Gasteiger partial charge in [0.05, 0.1) is 6.04 Å². The highest BCUT2D eigenvalue weighted by Gasteiger charge is 2.09. The minimum Gasteiger partial charge on any atom is -0.368 e. The van der Waals surface area contributed by atoms with Gasteiger partial charge in [-0.15, -0.1) is 0 Å². The molecule has 1 atom stereocenters. The van der Waals surface area contributed by atoms with Crippen molar-refractivity contribution in [1.82, 2.24) is 0 Å². The molecule has 0 aliphatic heterocycles. The molecule has 2 aromatic rings. The molecule has 0 radical (unpaired) electrons. The van der Waals surface area contributed by atoms with E-state index in [0.29, 0.717) is 6.42 Å². The van der Waals surface area contributed by atoms with Gasteiger partial charge in [-0.1, -0.05) is 36.4 Å². The number of amides is 1. The van der Waals surface area contributed by atoms with Crippen molar-refractivity contribution < 1.29 is 9.18 Å². The highest BCUT2D eigenvalue weighted by Crippen LogP contribution is 2.20. The summed E-state index contributed by atoms with van der Waals surface area (Å²) in [5, 5.41) is 0. The van der Waals surface area contributed by atoms with Gasteiger partial charge in [-0.3, -0.25) is 4.79 Å². The lowest BCUT2D eigenvalue weighted by Gasteiger charge is -2.08. The standard InChI is InChI=1S/C15H15FN2O/c16-13-7-5-12(6-8-13)11-3-1-10(2-4-11)9-14(17)15(18)19/h1-8,14H,9,17H2,(H2,18,19)/t14-/m0/s1. The minimum atomic E-state index is -0.670. The lowest BCUT2D eigenvalue weighted by molar-refractivity contribution is -0.119. The summed E-state index contributed by atoms with van der Waals surface area (Å²) in [6.45, 7) is 0. The van der Waals surface area contributed by atoms with Gasteiger partial charge in [0.25, 0.3) is 0 Å². The van der Waals surface area contributed by atoms with E-state index in [4.69, 9.17) is 11.5 Å². The number of nitrogens with two attached hydrogens (primary N) is 2. The molecule has 2 rings (SSSR count). The predicted molar refractivity (Wildman–Crippen MR) is 72.7 cm³/mol. The van der Waals surface area contributed by atoms with E-state index in [1.54, 1.807) is 12.1 Å². The van der Waals surface area contributed by atoms with Crippen molar-refractivity contribution in [3.05, 3.63) is 59.9 Å². The third kappa shape index (κ3) is 3.39. The molecular formula is C15H15FN2O. The van der Waals surface area contributed by atoms with Crippen LogP contribution in [0.4, 0.5) is 4.39 Å². The van der Waals surface area contributed by atoms with Crippen LogP contribution >= 0.6 is 0 Å². The number of primary amides is 1. The number of hydrogen-bond acceptors (Lipinski definition) is 2. The SMILES string of the molecule is NC(=O)[C@@H](N)Cc1ccc(-c2ccc(F)cc2)cc1. The van der Waals surface area contributed by atoms with E-state index in [2.05, 4.69) is 0 Å². The fourth-order valence-corrected chi connectivity index (χ4v) is 1.83. The molecule has 19 heavy (non-hydrogen) atoms. The second-order valence-electron chi connectivity index (χ2n) is 4.42. The summed E-state index contributed by atoms with van der Waals surface area (Å²) in [7, 11) is 0. The second-order valence-corrected chi connectivity index (χ2v) is 4.42. The van der Waals surface area contributed by atoms with Gasteiger partial charge in [0, 0.05) is 0 Å². The summed E-state index contributed by atoms with van der Waals surface area (Å²) in [6.07, 6.45) is 0.416. The number of halogens is 1. The zero-order chi connectivity index (χ0) is 13.8. The van der Waals surface area contributed by atoms with E-state index >= 15 is 0 Å². The molecule has 0 spiro atoms. The zero-order valence-electron chi connectivity index (χ0n) is 10.3. The molecule has 0 saturated carbocycles. The van der Waals surface area contributed by atoms with E-state index in [1.165, 1.54) is 12.1 Å². The fraction of sp³-hybridized carbons (Fsp3) is 0.133. The summed E-state index contributed by atoms with van der Waals surface area (Å²) in [5.74, 6) is -0.768. The topological polar surface area (TPSA) is 69.1 Å². The van der Waals surface area contributed by atoms with Crippen LogP contribution < -0.4 is 11.5 Å². The fourth-order valence-electron chi connectivity index (χ4n) is 1.83. The van der Waals surface area contributed by atoms with Gasteiger partial charge in [0.1, 0.15) is 5.82 Å². The Morgan fingerprint density at radius 1 is 1.00 bits per heavy atom. The van der Waals surface area contributed by atoms with Crippen LogP contribution in [0.15, 0.2) is 48.5 Å². The Bertz CT molecular complexity index is 564. The molecule has 0 bridgehead atoms. The number of benzene rings is 2. The normalized spacial score (nSPS) is 12.1. The van der Waals surface area contributed by atoms with Crippen LogP contribution in [-0.4, -0.2) is 11.9 Å². The van der Waals surface area contributed by atoms with Gasteiger partial charge in [-0.05, 0) is 35.2 Å². The molecule has 4 heteroatoms. The lowest BCUT2D eigenvalue weighted by Crippen LogP contribution is -2.38. The van der Waals surface area contributed by atoms with Gasteiger partial charge < -0.3 is 11.5 Å². The quantitative estimate of drug-likeness (QED) is 0.878. The predicted octanol–water partition coefficient (Wildman–Crippen LogP) is 1.85. The van der Waals surface area contributed by atoms with Crippen LogP contribution in [0.5, 0.6) is 0 Å². The van der Waals surface area contributed by atoms with Crippen molar-refractivity contribution in [3.8, 4) is 11.1 Å². The monoisotopic (exact) mass is 258 g/mol. The molecule has 1 amide bonds. The van der Waals surface area contributed by atoms with Gasteiger partial charge >= 0.3 is 0 Å². The molecule has 3 nitrogen and oxygen atoms in total. The van der Waals surface area contributed by atoms with Gasteiger partial charge in [-0.2, -0.15) is 0 Å². The Morgan fingerprint density at radius 3 is 1.95 bits per heavy atom. The first kappa shape index (κ1) is 13.2. The van der Waals surface area contributed by atoms with Crippen molar-refractivity contribution in [2.45, 2.75) is 12.5 Å². The maximum Gasteiger partial charge on any atom is 0.234 e. The molecule has 0 aliphatic rings.